The van der Waals surface area contributed by atoms with E-state index in [4.69, 9.17) is 5.73 Å². The fourth-order valence-corrected chi connectivity index (χ4v) is 4.00. The molecule has 5 nitrogen and oxygen atoms in total. The third-order valence-corrected chi connectivity index (χ3v) is 5.15. The zero-order chi connectivity index (χ0) is 11.0. The minimum Gasteiger partial charge on any atom is -0.309 e. The van der Waals surface area contributed by atoms with E-state index in [-0.39, 0.29) is 0 Å². The number of rotatable bonds is 1. The molecule has 3 N–H and O–H groups in total. The molecule has 2 aromatic rings. The Bertz CT molecular complexity index is 500. The van der Waals surface area contributed by atoms with E-state index in [9.17, 15) is 0 Å². The number of aromatic nitrogens is 4. The molecule has 0 saturated heterocycles. The predicted molar refractivity (Wildman–Crippen MR) is 63.1 cm³/mol. The highest BCUT2D eigenvalue weighted by Crippen LogP contribution is 2.47. The molecule has 7 heteroatoms. The van der Waals surface area contributed by atoms with Crippen molar-refractivity contribution in [1.29, 1.82) is 0 Å². The lowest BCUT2D eigenvalue weighted by molar-refractivity contribution is 0.679. The van der Waals surface area contributed by atoms with Crippen LogP contribution >= 0.6 is 23.5 Å². The molecule has 0 radical (unpaired) electrons. The van der Waals surface area contributed by atoms with Crippen LogP contribution in [-0.4, -0.2) is 26.4 Å². The monoisotopic (exact) mass is 251 g/mol. The topological polar surface area (TPSA) is 80.5 Å². The third kappa shape index (κ3) is 1.60. The number of benzene rings is 1. The van der Waals surface area contributed by atoms with E-state index in [0.717, 1.165) is 5.75 Å². The van der Waals surface area contributed by atoms with Crippen molar-refractivity contribution >= 4 is 23.5 Å². The first-order valence-electron chi connectivity index (χ1n) is 4.72. The van der Waals surface area contributed by atoms with Gasteiger partial charge < -0.3 is 5.73 Å². The average molecular weight is 251 g/mol. The van der Waals surface area contributed by atoms with Crippen LogP contribution in [0.3, 0.4) is 0 Å². The smallest absolute Gasteiger partial charge is 0.205 e. The summed E-state index contributed by atoms with van der Waals surface area (Å²) < 4.78 is 0. The number of hydrogen-bond acceptors (Lipinski definition) is 6. The van der Waals surface area contributed by atoms with Crippen LogP contribution in [0.1, 0.15) is 5.82 Å². The highest BCUT2D eigenvalue weighted by Gasteiger charge is 2.37. The molecule has 0 amide bonds. The number of nitrogens with one attached hydrogen (secondary N) is 1. The summed E-state index contributed by atoms with van der Waals surface area (Å²) in [4.78, 5) is 1.84. The Labute approximate surface area is 101 Å². The Kier molecular flexibility index (Phi) is 2.38. The normalized spacial score (nSPS) is 24.1. The van der Waals surface area contributed by atoms with Crippen molar-refractivity contribution in [1.82, 2.24) is 20.6 Å². The van der Waals surface area contributed by atoms with Crippen LogP contribution in [0.5, 0.6) is 0 Å². The SMILES string of the molecule is NC1(c2nn[nH]n2)CSc2ccccc2S1. The van der Waals surface area contributed by atoms with Gasteiger partial charge in [-0.2, -0.15) is 5.21 Å². The van der Waals surface area contributed by atoms with Gasteiger partial charge in [0.2, 0.25) is 5.82 Å². The Morgan fingerprint density at radius 2 is 2.12 bits per heavy atom. The molecular weight excluding hydrogens is 242 g/mol. The molecule has 16 heavy (non-hydrogen) atoms. The number of hydrogen-bond donors (Lipinski definition) is 2. The van der Waals surface area contributed by atoms with Gasteiger partial charge in [0.25, 0.3) is 0 Å². The summed E-state index contributed by atoms with van der Waals surface area (Å²) in [5, 5.41) is 14.0. The van der Waals surface area contributed by atoms with Crippen LogP contribution in [-0.2, 0) is 4.87 Å². The van der Waals surface area contributed by atoms with Crippen molar-refractivity contribution in [3.8, 4) is 0 Å². The van der Waals surface area contributed by atoms with Crippen LogP contribution in [0.15, 0.2) is 34.1 Å². The van der Waals surface area contributed by atoms with Crippen LogP contribution in [0.2, 0.25) is 0 Å². The number of fused-ring (bicyclic) bond motifs is 1. The maximum absolute atomic E-state index is 6.30. The summed E-state index contributed by atoms with van der Waals surface area (Å²) in [6.45, 7) is 0. The summed E-state index contributed by atoms with van der Waals surface area (Å²) in [7, 11) is 0. The third-order valence-electron chi connectivity index (χ3n) is 2.31. The van der Waals surface area contributed by atoms with Crippen LogP contribution in [0, 0.1) is 0 Å². The van der Waals surface area contributed by atoms with Crippen LogP contribution in [0.4, 0.5) is 0 Å². The van der Waals surface area contributed by atoms with Gasteiger partial charge in [0.05, 0.1) is 0 Å². The number of aromatic amines is 1. The first kappa shape index (κ1) is 10.1. The van der Waals surface area contributed by atoms with Gasteiger partial charge in [-0.25, -0.2) is 0 Å². The Morgan fingerprint density at radius 1 is 1.31 bits per heavy atom. The second kappa shape index (κ2) is 3.76. The van der Waals surface area contributed by atoms with Crippen molar-refractivity contribution in [2.24, 2.45) is 5.73 Å². The quantitative estimate of drug-likeness (QED) is 0.793. The van der Waals surface area contributed by atoms with E-state index in [1.54, 1.807) is 23.5 Å². The molecule has 1 aliphatic rings. The van der Waals surface area contributed by atoms with E-state index in [1.807, 2.05) is 12.1 Å². The van der Waals surface area contributed by atoms with Gasteiger partial charge in [0.15, 0.2) is 0 Å². The van der Waals surface area contributed by atoms with Gasteiger partial charge in [-0.3, -0.25) is 0 Å². The lowest BCUT2D eigenvalue weighted by Gasteiger charge is -2.30. The maximum Gasteiger partial charge on any atom is 0.205 e. The molecule has 0 aliphatic carbocycles. The van der Waals surface area contributed by atoms with Crippen LogP contribution in [0.25, 0.3) is 0 Å². The summed E-state index contributed by atoms with van der Waals surface area (Å²) in [5.74, 6) is 1.30. The molecule has 1 unspecified atom stereocenters. The van der Waals surface area contributed by atoms with E-state index >= 15 is 0 Å². The van der Waals surface area contributed by atoms with E-state index < -0.39 is 4.87 Å². The van der Waals surface area contributed by atoms with Gasteiger partial charge >= 0.3 is 0 Å². The molecule has 3 rings (SSSR count). The zero-order valence-electron chi connectivity index (χ0n) is 8.25. The van der Waals surface area contributed by atoms with Crippen molar-refractivity contribution in [2.75, 3.05) is 5.75 Å². The molecule has 1 atom stereocenters. The van der Waals surface area contributed by atoms with Gasteiger partial charge in [0, 0.05) is 15.5 Å². The molecule has 1 aromatic heterocycles. The molecule has 0 bridgehead atoms. The number of tetrazole rings is 1. The van der Waals surface area contributed by atoms with E-state index in [2.05, 4.69) is 32.8 Å². The van der Waals surface area contributed by atoms with Crippen molar-refractivity contribution in [3.63, 3.8) is 0 Å². The first-order valence-corrected chi connectivity index (χ1v) is 6.52. The molecular formula is C9H9N5S2. The molecule has 0 spiro atoms. The second-order valence-corrected chi connectivity index (χ2v) is 5.85. The van der Waals surface area contributed by atoms with Gasteiger partial charge in [0.1, 0.15) is 4.87 Å². The minimum absolute atomic E-state index is 0.555. The van der Waals surface area contributed by atoms with Gasteiger partial charge in [-0.05, 0) is 12.1 Å². The van der Waals surface area contributed by atoms with E-state index in [0.29, 0.717) is 5.82 Å². The number of nitrogens with two attached hydrogens (primary N) is 1. The molecule has 1 aromatic carbocycles. The largest absolute Gasteiger partial charge is 0.309 e. The molecule has 0 saturated carbocycles. The first-order chi connectivity index (χ1) is 7.78. The van der Waals surface area contributed by atoms with Crippen molar-refractivity contribution in [3.05, 3.63) is 30.1 Å². The van der Waals surface area contributed by atoms with Gasteiger partial charge in [-0.1, -0.05) is 29.1 Å². The maximum atomic E-state index is 6.30. The zero-order valence-corrected chi connectivity index (χ0v) is 9.88. The standard InChI is InChI=1S/C9H9N5S2/c10-9(8-11-13-14-12-8)5-15-6-3-1-2-4-7(6)16-9/h1-4H,5,10H2,(H,11,12,13,14). The fourth-order valence-electron chi connectivity index (χ4n) is 1.52. The Morgan fingerprint density at radius 3 is 2.88 bits per heavy atom. The number of H-pyrrole nitrogens is 1. The minimum atomic E-state index is -0.591. The molecule has 0 fully saturated rings. The van der Waals surface area contributed by atoms with Crippen molar-refractivity contribution < 1.29 is 0 Å². The van der Waals surface area contributed by atoms with Crippen molar-refractivity contribution in [2.45, 2.75) is 14.7 Å². The molecule has 2 heterocycles. The van der Waals surface area contributed by atoms with Gasteiger partial charge in [-0.15, -0.1) is 22.0 Å². The molecule has 82 valence electrons. The highest BCUT2D eigenvalue weighted by atomic mass is 32.2. The Balaban J connectivity index is 1.98. The number of thioether (sulfide) groups is 2. The summed E-state index contributed by atoms with van der Waals surface area (Å²) in [6.07, 6.45) is 0. The lowest BCUT2D eigenvalue weighted by Crippen LogP contribution is -2.38. The second-order valence-electron chi connectivity index (χ2n) is 3.46. The Hall–Kier alpha value is -1.05. The van der Waals surface area contributed by atoms with E-state index in [1.165, 1.54) is 9.79 Å². The number of nitrogens with zero attached hydrogens (tertiary/aromatic N) is 3. The highest BCUT2D eigenvalue weighted by molar-refractivity contribution is 8.06. The average Bonchev–Trinajstić information content (AvgIpc) is 2.83. The summed E-state index contributed by atoms with van der Waals surface area (Å²) in [6, 6.07) is 8.20. The lowest BCUT2D eigenvalue weighted by atomic mass is 10.3. The summed E-state index contributed by atoms with van der Waals surface area (Å²) in [5.41, 5.74) is 6.30. The van der Waals surface area contributed by atoms with Crippen LogP contribution < -0.4 is 5.73 Å². The summed E-state index contributed by atoms with van der Waals surface area (Å²) >= 11 is 3.32. The fraction of sp³-hybridized carbons (Fsp3) is 0.222. The predicted octanol–water partition coefficient (Wildman–Crippen LogP) is 1.21. The molecule has 1 aliphatic heterocycles.